The van der Waals surface area contributed by atoms with E-state index >= 15 is 0 Å². The average molecular weight is 414 g/mol. The van der Waals surface area contributed by atoms with Crippen LogP contribution in [0.5, 0.6) is 11.5 Å². The molecule has 0 radical (unpaired) electrons. The third kappa shape index (κ3) is 2.96. The molecule has 110 valence electrons. The first kappa shape index (κ1) is 14.9. The third-order valence-corrected chi connectivity index (χ3v) is 4.81. The molecule has 3 nitrogen and oxygen atoms in total. The van der Waals surface area contributed by atoms with Crippen LogP contribution in [0.15, 0.2) is 45.3 Å². The third-order valence-electron chi connectivity index (χ3n) is 3.59. The zero-order valence-electron chi connectivity index (χ0n) is 11.3. The van der Waals surface area contributed by atoms with Crippen LogP contribution < -0.4 is 9.47 Å². The summed E-state index contributed by atoms with van der Waals surface area (Å²) in [5.41, 5.74) is 1.80. The predicted octanol–water partition coefficient (Wildman–Crippen LogP) is 4.78. The number of aliphatic hydroxyl groups is 1. The summed E-state index contributed by atoms with van der Waals surface area (Å²) >= 11 is 6.98. The molecule has 0 bridgehead atoms. The second kappa shape index (κ2) is 5.99. The lowest BCUT2D eigenvalue weighted by molar-refractivity contribution is 0.0652. The van der Waals surface area contributed by atoms with Gasteiger partial charge in [0.05, 0.1) is 13.2 Å². The summed E-state index contributed by atoms with van der Waals surface area (Å²) in [4.78, 5) is 0. The molecule has 0 aromatic heterocycles. The summed E-state index contributed by atoms with van der Waals surface area (Å²) in [6.45, 7) is 0. The first-order valence-corrected chi connectivity index (χ1v) is 8.14. The van der Waals surface area contributed by atoms with E-state index in [0.717, 1.165) is 25.8 Å². The molecule has 2 atom stereocenters. The summed E-state index contributed by atoms with van der Waals surface area (Å²) in [6.07, 6.45) is -0.239. The quantitative estimate of drug-likeness (QED) is 0.769. The number of fused-ring (bicyclic) bond motifs is 1. The van der Waals surface area contributed by atoms with E-state index in [9.17, 15) is 5.11 Å². The van der Waals surface area contributed by atoms with E-state index in [-0.39, 0.29) is 6.10 Å². The van der Waals surface area contributed by atoms with Crippen molar-refractivity contribution in [1.29, 1.82) is 0 Å². The van der Waals surface area contributed by atoms with Gasteiger partial charge >= 0.3 is 0 Å². The largest absolute Gasteiger partial charge is 0.497 e. The molecule has 21 heavy (non-hydrogen) atoms. The van der Waals surface area contributed by atoms with Gasteiger partial charge in [0.25, 0.3) is 0 Å². The Morgan fingerprint density at radius 3 is 2.71 bits per heavy atom. The Morgan fingerprint density at radius 2 is 1.95 bits per heavy atom. The van der Waals surface area contributed by atoms with Gasteiger partial charge in [0.15, 0.2) is 0 Å². The Kier molecular flexibility index (Phi) is 4.24. The van der Waals surface area contributed by atoms with E-state index in [0.29, 0.717) is 12.2 Å². The molecule has 1 aliphatic rings. The van der Waals surface area contributed by atoms with E-state index in [1.165, 1.54) is 0 Å². The predicted molar refractivity (Wildman–Crippen MR) is 87.8 cm³/mol. The molecule has 0 spiro atoms. The molecule has 1 aliphatic heterocycles. The first-order chi connectivity index (χ1) is 10.1. The summed E-state index contributed by atoms with van der Waals surface area (Å²) in [7, 11) is 1.63. The van der Waals surface area contributed by atoms with E-state index in [1.807, 2.05) is 36.4 Å². The number of hydrogen-bond donors (Lipinski definition) is 1. The fourth-order valence-corrected chi connectivity index (χ4v) is 3.34. The molecule has 0 saturated heterocycles. The molecule has 1 heterocycles. The van der Waals surface area contributed by atoms with Crippen LogP contribution in [-0.4, -0.2) is 12.2 Å². The number of halogens is 2. The van der Waals surface area contributed by atoms with Crippen molar-refractivity contribution in [2.24, 2.45) is 0 Å². The first-order valence-electron chi connectivity index (χ1n) is 6.56. The standard InChI is InChI=1S/C16H14Br2O3/c1-20-10-3-5-13(18)12(7-10)16-8-14(19)11-4-2-9(17)6-15(11)21-16/h2-7,14,16,19H,8H2,1H3. The summed E-state index contributed by atoms with van der Waals surface area (Å²) < 4.78 is 13.2. The average Bonchev–Trinajstić information content (AvgIpc) is 2.47. The molecule has 2 unspecified atom stereocenters. The fraction of sp³-hybridized carbons (Fsp3) is 0.250. The van der Waals surface area contributed by atoms with E-state index < -0.39 is 6.10 Å². The van der Waals surface area contributed by atoms with Crippen LogP contribution in [0.1, 0.15) is 29.8 Å². The minimum Gasteiger partial charge on any atom is -0.497 e. The highest BCUT2D eigenvalue weighted by Gasteiger charge is 2.29. The van der Waals surface area contributed by atoms with Gasteiger partial charge in [-0.3, -0.25) is 0 Å². The number of ether oxygens (including phenoxy) is 2. The monoisotopic (exact) mass is 412 g/mol. The zero-order chi connectivity index (χ0) is 15.0. The van der Waals surface area contributed by atoms with Crippen LogP contribution in [-0.2, 0) is 0 Å². The van der Waals surface area contributed by atoms with Crippen molar-refractivity contribution < 1.29 is 14.6 Å². The molecular weight excluding hydrogens is 400 g/mol. The molecule has 2 aromatic rings. The van der Waals surface area contributed by atoms with Gasteiger partial charge in [-0.05, 0) is 30.3 Å². The van der Waals surface area contributed by atoms with E-state index in [2.05, 4.69) is 31.9 Å². The lowest BCUT2D eigenvalue weighted by Crippen LogP contribution is -2.19. The normalized spacial score (nSPS) is 20.6. The molecule has 2 aromatic carbocycles. The van der Waals surface area contributed by atoms with E-state index in [4.69, 9.17) is 9.47 Å². The maximum Gasteiger partial charge on any atom is 0.128 e. The van der Waals surface area contributed by atoms with Crippen LogP contribution >= 0.6 is 31.9 Å². The zero-order valence-corrected chi connectivity index (χ0v) is 14.5. The Balaban J connectivity index is 1.99. The maximum atomic E-state index is 10.4. The Labute approximate surface area is 140 Å². The maximum absolute atomic E-state index is 10.4. The van der Waals surface area contributed by atoms with Crippen LogP contribution in [0.25, 0.3) is 0 Å². The smallest absolute Gasteiger partial charge is 0.128 e. The van der Waals surface area contributed by atoms with Crippen LogP contribution in [0, 0.1) is 0 Å². The van der Waals surface area contributed by atoms with Gasteiger partial charge in [-0.25, -0.2) is 0 Å². The molecular formula is C16H14Br2O3. The number of aliphatic hydroxyl groups excluding tert-OH is 1. The van der Waals surface area contributed by atoms with Crippen molar-refractivity contribution in [3.63, 3.8) is 0 Å². The minimum absolute atomic E-state index is 0.216. The van der Waals surface area contributed by atoms with Gasteiger partial charge in [-0.1, -0.05) is 37.9 Å². The molecule has 0 fully saturated rings. The van der Waals surface area contributed by atoms with Crippen LogP contribution in [0.2, 0.25) is 0 Å². The topological polar surface area (TPSA) is 38.7 Å². The second-order valence-corrected chi connectivity index (χ2v) is 6.70. The van der Waals surface area contributed by atoms with Crippen LogP contribution in [0.3, 0.4) is 0 Å². The second-order valence-electron chi connectivity index (χ2n) is 4.93. The van der Waals surface area contributed by atoms with Gasteiger partial charge < -0.3 is 14.6 Å². The number of rotatable bonds is 2. The minimum atomic E-state index is -0.537. The summed E-state index contributed by atoms with van der Waals surface area (Å²) in [5, 5.41) is 10.4. The SMILES string of the molecule is COc1ccc(Br)c(C2CC(O)c3ccc(Br)cc3O2)c1. The molecule has 5 heteroatoms. The molecule has 0 saturated carbocycles. The summed E-state index contributed by atoms with van der Waals surface area (Å²) in [6, 6.07) is 11.4. The molecule has 0 amide bonds. The fourth-order valence-electron chi connectivity index (χ4n) is 2.50. The number of hydrogen-bond acceptors (Lipinski definition) is 3. The number of methoxy groups -OCH3 is 1. The molecule has 0 aliphatic carbocycles. The van der Waals surface area contributed by atoms with Gasteiger partial charge in [-0.2, -0.15) is 0 Å². The highest BCUT2D eigenvalue weighted by Crippen LogP contribution is 2.43. The number of benzene rings is 2. The van der Waals surface area contributed by atoms with E-state index in [1.54, 1.807) is 7.11 Å². The van der Waals surface area contributed by atoms with Gasteiger partial charge in [0.1, 0.15) is 17.6 Å². The van der Waals surface area contributed by atoms with Crippen molar-refractivity contribution >= 4 is 31.9 Å². The van der Waals surface area contributed by atoms with Crippen molar-refractivity contribution in [3.05, 3.63) is 56.5 Å². The highest BCUT2D eigenvalue weighted by molar-refractivity contribution is 9.10. The van der Waals surface area contributed by atoms with Crippen LogP contribution in [0.4, 0.5) is 0 Å². The Hall–Kier alpha value is -1.04. The lowest BCUT2D eigenvalue weighted by Gasteiger charge is -2.30. The van der Waals surface area contributed by atoms with Gasteiger partial charge in [-0.15, -0.1) is 0 Å². The molecule has 3 rings (SSSR count). The van der Waals surface area contributed by atoms with Gasteiger partial charge in [0, 0.05) is 26.5 Å². The lowest BCUT2D eigenvalue weighted by atomic mass is 9.95. The Bertz CT molecular complexity index is 673. The summed E-state index contributed by atoms with van der Waals surface area (Å²) in [5.74, 6) is 1.48. The van der Waals surface area contributed by atoms with Crippen molar-refractivity contribution in [3.8, 4) is 11.5 Å². The van der Waals surface area contributed by atoms with Gasteiger partial charge in [0.2, 0.25) is 0 Å². The highest BCUT2D eigenvalue weighted by atomic mass is 79.9. The van der Waals surface area contributed by atoms with Crippen molar-refractivity contribution in [1.82, 2.24) is 0 Å². The Morgan fingerprint density at radius 1 is 1.14 bits per heavy atom. The molecule has 1 N–H and O–H groups in total. The van der Waals surface area contributed by atoms with Crippen molar-refractivity contribution in [2.45, 2.75) is 18.6 Å². The van der Waals surface area contributed by atoms with Crippen molar-refractivity contribution in [2.75, 3.05) is 7.11 Å².